The summed E-state index contributed by atoms with van der Waals surface area (Å²) in [7, 11) is 0. The van der Waals surface area contributed by atoms with E-state index in [9.17, 15) is 19.5 Å². The molecule has 0 aromatic heterocycles. The van der Waals surface area contributed by atoms with Gasteiger partial charge in [-0.1, -0.05) is 43.3 Å². The number of rotatable bonds is 8. The van der Waals surface area contributed by atoms with Crippen LogP contribution in [0.2, 0.25) is 0 Å². The minimum atomic E-state index is -1.13. The van der Waals surface area contributed by atoms with Crippen LogP contribution in [0.4, 0.5) is 10.5 Å². The van der Waals surface area contributed by atoms with Crippen LogP contribution in [0.25, 0.3) is 0 Å². The van der Waals surface area contributed by atoms with Gasteiger partial charge in [0.2, 0.25) is 5.91 Å². The van der Waals surface area contributed by atoms with E-state index in [0.717, 1.165) is 11.1 Å². The molecule has 0 bridgehead atoms. The Labute approximate surface area is 207 Å². The summed E-state index contributed by atoms with van der Waals surface area (Å²) in [6, 6.07) is 10.6. The van der Waals surface area contributed by atoms with Crippen LogP contribution in [0.1, 0.15) is 63.8 Å². The third-order valence-electron chi connectivity index (χ3n) is 5.62. The van der Waals surface area contributed by atoms with Crippen LogP contribution in [0.3, 0.4) is 0 Å². The number of alkyl carbamates (subject to hydrolysis) is 1. The minimum Gasteiger partial charge on any atom is -0.508 e. The zero-order valence-electron chi connectivity index (χ0n) is 21.6. The molecule has 0 radical (unpaired) electrons. The van der Waals surface area contributed by atoms with Gasteiger partial charge in [0.15, 0.2) is 0 Å². The number of carbonyl (C=O) groups is 3. The molecule has 3 N–H and O–H groups in total. The predicted octanol–water partition coefficient (Wildman–Crippen LogP) is 4.84. The summed E-state index contributed by atoms with van der Waals surface area (Å²) < 4.78 is 5.23. The molecule has 35 heavy (non-hydrogen) atoms. The Bertz CT molecular complexity index is 1040. The second kappa shape index (κ2) is 11.7. The zero-order chi connectivity index (χ0) is 26.3. The molecular weight excluding hydrogens is 446 g/mol. The number of aryl methyl sites for hydroxylation is 2. The van der Waals surface area contributed by atoms with Crippen LogP contribution in [0.5, 0.6) is 5.75 Å². The molecule has 0 fully saturated rings. The van der Waals surface area contributed by atoms with E-state index in [1.807, 2.05) is 45.9 Å². The van der Waals surface area contributed by atoms with Crippen LogP contribution >= 0.6 is 0 Å². The fourth-order valence-corrected chi connectivity index (χ4v) is 3.73. The number of anilines is 1. The van der Waals surface area contributed by atoms with Gasteiger partial charge in [0.1, 0.15) is 23.9 Å². The molecule has 3 amide bonds. The number of benzene rings is 2. The number of nitrogens with one attached hydrogen (secondary N) is 2. The lowest BCUT2D eigenvalue weighted by atomic mass is 9.99. The van der Waals surface area contributed by atoms with Crippen molar-refractivity contribution in [1.82, 2.24) is 10.2 Å². The lowest BCUT2D eigenvalue weighted by Crippen LogP contribution is -2.50. The molecule has 2 rings (SSSR count). The Hall–Kier alpha value is -3.55. The molecule has 0 aliphatic rings. The predicted molar refractivity (Wildman–Crippen MR) is 136 cm³/mol. The molecule has 0 heterocycles. The van der Waals surface area contributed by atoms with Gasteiger partial charge >= 0.3 is 6.09 Å². The molecule has 8 nitrogen and oxygen atoms in total. The normalized spacial score (nSPS) is 12.9. The van der Waals surface area contributed by atoms with E-state index in [2.05, 4.69) is 10.6 Å². The van der Waals surface area contributed by atoms with E-state index in [-0.39, 0.29) is 18.3 Å². The number of ether oxygens (including phenoxy) is 1. The van der Waals surface area contributed by atoms with Crippen molar-refractivity contribution in [1.29, 1.82) is 0 Å². The summed E-state index contributed by atoms with van der Waals surface area (Å²) in [4.78, 5) is 40.7. The molecule has 0 spiro atoms. The van der Waals surface area contributed by atoms with Crippen molar-refractivity contribution in [3.8, 4) is 5.75 Å². The highest BCUT2D eigenvalue weighted by Crippen LogP contribution is 2.33. The summed E-state index contributed by atoms with van der Waals surface area (Å²) in [5, 5.41) is 16.1. The summed E-state index contributed by atoms with van der Waals surface area (Å²) in [5.74, 6) is -1.04. The first-order valence-electron chi connectivity index (χ1n) is 11.8. The van der Waals surface area contributed by atoms with E-state index in [4.69, 9.17) is 4.74 Å². The van der Waals surface area contributed by atoms with E-state index < -0.39 is 29.6 Å². The van der Waals surface area contributed by atoms with Gasteiger partial charge < -0.3 is 25.4 Å². The second-order valence-electron chi connectivity index (χ2n) is 9.63. The van der Waals surface area contributed by atoms with Gasteiger partial charge in [0.25, 0.3) is 5.91 Å². The first-order valence-corrected chi connectivity index (χ1v) is 11.8. The van der Waals surface area contributed by atoms with Crippen molar-refractivity contribution >= 4 is 23.6 Å². The first-order chi connectivity index (χ1) is 16.4. The number of carbonyl (C=O) groups excluding carboxylic acids is 3. The molecule has 8 heteroatoms. The van der Waals surface area contributed by atoms with Crippen molar-refractivity contribution in [3.05, 3.63) is 59.2 Å². The summed E-state index contributed by atoms with van der Waals surface area (Å²) in [5.41, 5.74) is 1.99. The van der Waals surface area contributed by atoms with Gasteiger partial charge in [-0.05, 0) is 65.2 Å². The van der Waals surface area contributed by atoms with Gasteiger partial charge in [0.05, 0.1) is 0 Å². The highest BCUT2D eigenvalue weighted by Gasteiger charge is 2.36. The van der Waals surface area contributed by atoms with Crippen molar-refractivity contribution in [3.63, 3.8) is 0 Å². The fraction of sp³-hybridized carbons (Fsp3) is 0.444. The summed E-state index contributed by atoms with van der Waals surface area (Å²) in [6.07, 6.45) is -0.173. The van der Waals surface area contributed by atoms with Crippen LogP contribution < -0.4 is 10.6 Å². The Morgan fingerprint density at radius 1 is 1.03 bits per heavy atom. The van der Waals surface area contributed by atoms with Crippen LogP contribution in [-0.4, -0.2) is 46.1 Å². The molecule has 0 aliphatic heterocycles. The van der Waals surface area contributed by atoms with Gasteiger partial charge in [0, 0.05) is 17.3 Å². The smallest absolute Gasteiger partial charge is 0.408 e. The molecule has 0 saturated carbocycles. The Morgan fingerprint density at radius 3 is 2.17 bits per heavy atom. The number of phenols is 1. The van der Waals surface area contributed by atoms with E-state index in [1.165, 1.54) is 11.0 Å². The van der Waals surface area contributed by atoms with Crippen molar-refractivity contribution in [2.75, 3.05) is 11.9 Å². The van der Waals surface area contributed by atoms with Crippen molar-refractivity contribution in [2.45, 2.75) is 72.6 Å². The summed E-state index contributed by atoms with van der Waals surface area (Å²) >= 11 is 0. The quantitative estimate of drug-likeness (QED) is 0.498. The zero-order valence-corrected chi connectivity index (χ0v) is 21.6. The maximum atomic E-state index is 13.7. The second-order valence-corrected chi connectivity index (χ2v) is 9.63. The van der Waals surface area contributed by atoms with E-state index >= 15 is 0 Å². The SMILES string of the molecule is CCC(C)N(C(=O)CNC(=O)OC(C)(C)C)C(C(=O)Nc1c(C)cccc1C)c1ccccc1O. The van der Waals surface area contributed by atoms with Crippen molar-refractivity contribution in [2.24, 2.45) is 0 Å². The lowest BCUT2D eigenvalue weighted by Gasteiger charge is -2.36. The third kappa shape index (κ3) is 7.47. The third-order valence-corrected chi connectivity index (χ3v) is 5.62. The topological polar surface area (TPSA) is 108 Å². The van der Waals surface area contributed by atoms with Crippen LogP contribution in [-0.2, 0) is 14.3 Å². The number of amides is 3. The molecular formula is C27H37N3O5. The van der Waals surface area contributed by atoms with Gasteiger partial charge in [-0.2, -0.15) is 0 Å². The Morgan fingerprint density at radius 2 is 1.63 bits per heavy atom. The highest BCUT2D eigenvalue weighted by atomic mass is 16.6. The lowest BCUT2D eigenvalue weighted by molar-refractivity contribution is -0.140. The molecule has 2 atom stereocenters. The van der Waals surface area contributed by atoms with Crippen molar-refractivity contribution < 1.29 is 24.2 Å². The standard InChI is InChI=1S/C27H37N3O5/c1-8-19(4)30(22(32)16-28-26(34)35-27(5,6)7)24(20-14-9-10-15-21(20)31)25(33)29-23-17(2)12-11-13-18(23)3/h9-15,19,24,31H,8,16H2,1-7H3,(H,28,34)(H,29,33). The number of phenolic OH excluding ortho intramolecular Hbond substituents is 1. The number of aromatic hydroxyl groups is 1. The largest absolute Gasteiger partial charge is 0.508 e. The van der Waals surface area contributed by atoms with Gasteiger partial charge in [-0.15, -0.1) is 0 Å². The molecule has 0 saturated heterocycles. The Balaban J connectivity index is 2.45. The molecule has 0 aliphatic carbocycles. The highest BCUT2D eigenvalue weighted by molar-refractivity contribution is 5.99. The molecule has 2 aromatic carbocycles. The van der Waals surface area contributed by atoms with Gasteiger partial charge in [-0.25, -0.2) is 4.79 Å². The number of nitrogens with zero attached hydrogens (tertiary/aromatic N) is 1. The maximum absolute atomic E-state index is 13.7. The van der Waals surface area contributed by atoms with E-state index in [0.29, 0.717) is 17.7 Å². The Kier molecular flexibility index (Phi) is 9.28. The monoisotopic (exact) mass is 483 g/mol. The number of para-hydroxylation sites is 2. The van der Waals surface area contributed by atoms with Crippen LogP contribution in [0.15, 0.2) is 42.5 Å². The fourth-order valence-electron chi connectivity index (χ4n) is 3.73. The molecule has 2 aromatic rings. The van der Waals surface area contributed by atoms with E-state index in [1.54, 1.807) is 39.0 Å². The van der Waals surface area contributed by atoms with Crippen LogP contribution in [0, 0.1) is 13.8 Å². The average Bonchev–Trinajstić information content (AvgIpc) is 2.77. The number of hydrogen-bond acceptors (Lipinski definition) is 5. The average molecular weight is 484 g/mol. The number of hydrogen-bond donors (Lipinski definition) is 3. The molecule has 2 unspecified atom stereocenters. The summed E-state index contributed by atoms with van der Waals surface area (Å²) in [6.45, 7) is 12.3. The van der Waals surface area contributed by atoms with Gasteiger partial charge in [-0.3, -0.25) is 9.59 Å². The minimum absolute atomic E-state index is 0.102. The maximum Gasteiger partial charge on any atom is 0.408 e. The molecule has 190 valence electrons. The first kappa shape index (κ1) is 27.7.